The first kappa shape index (κ1) is 20.3. The maximum atomic E-state index is 13.6. The van der Waals surface area contributed by atoms with Crippen molar-refractivity contribution in [2.45, 2.75) is 23.9 Å². The topological polar surface area (TPSA) is 63.3 Å². The molecule has 0 fully saturated rings. The van der Waals surface area contributed by atoms with Gasteiger partial charge in [0.1, 0.15) is 11.9 Å². The molecule has 0 aliphatic rings. The van der Waals surface area contributed by atoms with E-state index in [1.165, 1.54) is 17.8 Å². The van der Waals surface area contributed by atoms with E-state index >= 15 is 0 Å². The largest absolute Gasteiger partial charge is 0.480 e. The van der Waals surface area contributed by atoms with Crippen molar-refractivity contribution in [1.29, 1.82) is 0 Å². The van der Waals surface area contributed by atoms with Crippen molar-refractivity contribution < 1.29 is 27.5 Å². The second-order valence-electron chi connectivity index (χ2n) is 5.63. The lowest BCUT2D eigenvalue weighted by Gasteiger charge is -2.20. The van der Waals surface area contributed by atoms with E-state index in [2.05, 4.69) is 0 Å². The smallest absolute Gasteiger partial charge is 0.419 e. The summed E-state index contributed by atoms with van der Waals surface area (Å²) < 4.78 is 52.6. The van der Waals surface area contributed by atoms with Crippen molar-refractivity contribution in [3.63, 3.8) is 0 Å². The predicted octanol–water partition coefficient (Wildman–Crippen LogP) is 4.47. The molecular formula is C18H17F4NO2S. The summed E-state index contributed by atoms with van der Waals surface area (Å²) in [6.07, 6.45) is -4.63. The first-order chi connectivity index (χ1) is 12.2. The van der Waals surface area contributed by atoms with Crippen LogP contribution >= 0.6 is 11.8 Å². The van der Waals surface area contributed by atoms with Crippen LogP contribution in [0.4, 0.5) is 17.6 Å². The fraction of sp³-hybridized carbons (Fsp3) is 0.278. The lowest BCUT2D eigenvalue weighted by Crippen LogP contribution is -2.30. The van der Waals surface area contributed by atoms with Crippen LogP contribution in [-0.4, -0.2) is 22.9 Å². The Labute approximate surface area is 152 Å². The molecule has 0 saturated carbocycles. The summed E-state index contributed by atoms with van der Waals surface area (Å²) >= 11 is 1.27. The number of halogens is 4. The first-order valence-corrected chi connectivity index (χ1v) is 8.76. The van der Waals surface area contributed by atoms with Gasteiger partial charge in [0.15, 0.2) is 0 Å². The van der Waals surface area contributed by atoms with Crippen LogP contribution in [0.15, 0.2) is 48.5 Å². The Kier molecular flexibility index (Phi) is 6.66. The van der Waals surface area contributed by atoms with Gasteiger partial charge in [0.25, 0.3) is 0 Å². The summed E-state index contributed by atoms with van der Waals surface area (Å²) in [5.41, 5.74) is 5.18. The minimum absolute atomic E-state index is 0.163. The molecule has 0 spiro atoms. The number of benzene rings is 2. The lowest BCUT2D eigenvalue weighted by atomic mass is 10.0. The summed E-state index contributed by atoms with van der Waals surface area (Å²) in [6.45, 7) is 0. The van der Waals surface area contributed by atoms with Crippen LogP contribution in [0.3, 0.4) is 0 Å². The highest BCUT2D eigenvalue weighted by atomic mass is 32.2. The van der Waals surface area contributed by atoms with E-state index < -0.39 is 34.8 Å². The van der Waals surface area contributed by atoms with Crippen LogP contribution in [0.25, 0.3) is 0 Å². The summed E-state index contributed by atoms with van der Waals surface area (Å²) in [4.78, 5) is 10.8. The standard InChI is InChI=1S/C18H17F4NO2S/c19-14-7-6-12(10-13(14)18(20,21)22)16(11-4-2-1-3-5-11)26-9-8-15(23)17(24)25/h1-7,10,15-16H,8-9,23H2,(H,24,25). The summed E-state index contributed by atoms with van der Waals surface area (Å²) in [5, 5.41) is 8.34. The van der Waals surface area contributed by atoms with E-state index in [4.69, 9.17) is 10.8 Å². The van der Waals surface area contributed by atoms with Gasteiger partial charge in [-0.2, -0.15) is 13.2 Å². The van der Waals surface area contributed by atoms with Gasteiger partial charge in [-0.05, 0) is 35.4 Å². The van der Waals surface area contributed by atoms with Gasteiger partial charge in [-0.3, -0.25) is 4.79 Å². The van der Waals surface area contributed by atoms with Crippen molar-refractivity contribution in [2.24, 2.45) is 5.73 Å². The highest BCUT2D eigenvalue weighted by Crippen LogP contribution is 2.39. The second-order valence-corrected chi connectivity index (χ2v) is 6.84. The van der Waals surface area contributed by atoms with Gasteiger partial charge in [0.05, 0.1) is 10.8 Å². The van der Waals surface area contributed by atoms with Gasteiger partial charge in [-0.15, -0.1) is 11.8 Å². The van der Waals surface area contributed by atoms with Crippen molar-refractivity contribution >= 4 is 17.7 Å². The number of nitrogens with two attached hydrogens (primary N) is 1. The molecule has 2 unspecified atom stereocenters. The maximum Gasteiger partial charge on any atom is 0.419 e. The molecule has 3 N–H and O–H groups in total. The number of hydrogen-bond acceptors (Lipinski definition) is 3. The summed E-state index contributed by atoms with van der Waals surface area (Å²) in [6, 6.07) is 10.7. The number of thioether (sulfide) groups is 1. The van der Waals surface area contributed by atoms with Crippen molar-refractivity contribution in [2.75, 3.05) is 5.75 Å². The molecule has 0 aliphatic carbocycles. The van der Waals surface area contributed by atoms with Gasteiger partial charge in [0.2, 0.25) is 0 Å². The minimum Gasteiger partial charge on any atom is -0.480 e. The van der Waals surface area contributed by atoms with Crippen LogP contribution in [0.2, 0.25) is 0 Å². The Hall–Kier alpha value is -2.06. The molecule has 0 aliphatic heterocycles. The highest BCUT2D eigenvalue weighted by molar-refractivity contribution is 7.99. The molecule has 0 aromatic heterocycles. The zero-order valence-electron chi connectivity index (χ0n) is 13.5. The molecule has 0 saturated heterocycles. The molecule has 8 heteroatoms. The minimum atomic E-state index is -4.79. The Morgan fingerprint density at radius 3 is 2.35 bits per heavy atom. The normalized spacial score (nSPS) is 14.0. The molecule has 3 nitrogen and oxygen atoms in total. The van der Waals surface area contributed by atoms with Gasteiger partial charge in [-0.25, -0.2) is 4.39 Å². The van der Waals surface area contributed by atoms with E-state index in [1.807, 2.05) is 0 Å². The van der Waals surface area contributed by atoms with E-state index in [0.717, 1.165) is 17.7 Å². The monoisotopic (exact) mass is 387 g/mol. The number of alkyl halides is 3. The van der Waals surface area contributed by atoms with Crippen LogP contribution in [0.1, 0.15) is 28.4 Å². The quantitative estimate of drug-likeness (QED) is 0.688. The zero-order valence-corrected chi connectivity index (χ0v) is 14.4. The number of carboxylic acid groups (broad SMARTS) is 1. The van der Waals surface area contributed by atoms with Crippen LogP contribution in [0.5, 0.6) is 0 Å². The summed E-state index contributed by atoms with van der Waals surface area (Å²) in [5.74, 6) is -2.14. The molecule has 2 aromatic carbocycles. The molecule has 26 heavy (non-hydrogen) atoms. The Balaban J connectivity index is 2.31. The van der Waals surface area contributed by atoms with E-state index in [0.29, 0.717) is 11.3 Å². The third kappa shape index (κ3) is 5.22. The average Bonchev–Trinajstić information content (AvgIpc) is 2.59. The molecule has 0 amide bonds. The first-order valence-electron chi connectivity index (χ1n) is 7.71. The molecule has 2 rings (SSSR count). The van der Waals surface area contributed by atoms with Crippen molar-refractivity contribution in [3.8, 4) is 0 Å². The summed E-state index contributed by atoms with van der Waals surface area (Å²) in [7, 11) is 0. The van der Waals surface area contributed by atoms with Gasteiger partial charge in [0, 0.05) is 0 Å². The fourth-order valence-electron chi connectivity index (χ4n) is 2.37. The molecule has 2 aromatic rings. The SMILES string of the molecule is NC(CCSC(c1ccccc1)c1ccc(F)c(C(F)(F)F)c1)C(=O)O. The number of carboxylic acids is 1. The van der Waals surface area contributed by atoms with E-state index in [-0.39, 0.29) is 6.42 Å². The average molecular weight is 387 g/mol. The number of rotatable bonds is 7. The Morgan fingerprint density at radius 2 is 1.77 bits per heavy atom. The van der Waals surface area contributed by atoms with Gasteiger partial charge in [-0.1, -0.05) is 36.4 Å². The van der Waals surface area contributed by atoms with Crippen LogP contribution < -0.4 is 5.73 Å². The molecule has 0 radical (unpaired) electrons. The zero-order chi connectivity index (χ0) is 19.3. The van der Waals surface area contributed by atoms with Crippen molar-refractivity contribution in [3.05, 3.63) is 71.0 Å². The van der Waals surface area contributed by atoms with Crippen molar-refractivity contribution in [1.82, 2.24) is 0 Å². The number of aliphatic carboxylic acids is 1. The second kappa shape index (κ2) is 8.55. The Bertz CT molecular complexity index is 753. The van der Waals surface area contributed by atoms with Gasteiger partial charge >= 0.3 is 12.1 Å². The van der Waals surface area contributed by atoms with E-state index in [9.17, 15) is 22.4 Å². The molecule has 2 atom stereocenters. The number of hydrogen-bond donors (Lipinski definition) is 2. The molecular weight excluding hydrogens is 370 g/mol. The predicted molar refractivity (Wildman–Crippen MR) is 92.4 cm³/mol. The fourth-order valence-corrected chi connectivity index (χ4v) is 3.69. The third-order valence-corrected chi connectivity index (χ3v) is 5.08. The number of carbonyl (C=O) groups is 1. The molecule has 140 valence electrons. The lowest BCUT2D eigenvalue weighted by molar-refractivity contribution is -0.140. The van der Waals surface area contributed by atoms with Gasteiger partial charge < -0.3 is 10.8 Å². The van der Waals surface area contributed by atoms with E-state index in [1.54, 1.807) is 30.3 Å². The third-order valence-electron chi connectivity index (χ3n) is 3.73. The van der Waals surface area contributed by atoms with Crippen LogP contribution in [0, 0.1) is 5.82 Å². The maximum absolute atomic E-state index is 13.6. The Morgan fingerprint density at radius 1 is 1.12 bits per heavy atom. The molecule has 0 heterocycles. The molecule has 0 bridgehead atoms. The highest BCUT2D eigenvalue weighted by Gasteiger charge is 2.35. The van der Waals surface area contributed by atoms with Crippen LogP contribution in [-0.2, 0) is 11.0 Å².